The summed E-state index contributed by atoms with van der Waals surface area (Å²) in [5, 5.41) is 7.42. The Hall–Kier alpha value is -0.306. The van der Waals surface area contributed by atoms with Gasteiger partial charge < -0.3 is 17.9 Å². The van der Waals surface area contributed by atoms with E-state index < -0.39 is 0 Å². The van der Waals surface area contributed by atoms with Crippen LogP contribution in [0.1, 0.15) is 0 Å². The Kier molecular flexibility index (Phi) is 12.4. The fourth-order valence-corrected chi connectivity index (χ4v) is 0.432. The first-order valence-corrected chi connectivity index (χ1v) is 3.93. The van der Waals surface area contributed by atoms with E-state index in [0.717, 1.165) is 0 Å². The van der Waals surface area contributed by atoms with Crippen molar-refractivity contribution < 1.29 is 32.7 Å². The van der Waals surface area contributed by atoms with Crippen LogP contribution in [0, 0.1) is 6.42 Å². The van der Waals surface area contributed by atoms with Crippen molar-refractivity contribution >= 4 is 47.1 Å². The standard InChI is InChI=1S/C5H9N6S2.Y/c6-4(12)10-8-2-1-3-9-11-5(7)13;/h1-3H,(H3,6,10,12)(H3,7,11,13);/q-1;/b8-2+,9-3?;. The van der Waals surface area contributed by atoms with Crippen molar-refractivity contribution in [2.45, 2.75) is 0 Å². The molecule has 9 heteroatoms. The maximum Gasteiger partial charge on any atom is 0.184 e. The van der Waals surface area contributed by atoms with Crippen molar-refractivity contribution in [1.29, 1.82) is 0 Å². The fraction of sp³-hybridized carbons (Fsp3) is 0. The largest absolute Gasteiger partial charge is 0.375 e. The Bertz CT molecular complexity index is 216. The molecule has 0 unspecified atom stereocenters. The van der Waals surface area contributed by atoms with Crippen molar-refractivity contribution in [3.8, 4) is 0 Å². The average molecular weight is 306 g/mol. The van der Waals surface area contributed by atoms with Gasteiger partial charge in [-0.25, -0.2) is 10.2 Å². The van der Waals surface area contributed by atoms with Crippen LogP contribution in [0.4, 0.5) is 0 Å². The Morgan fingerprint density at radius 3 is 1.71 bits per heavy atom. The zero-order valence-electron chi connectivity index (χ0n) is 7.18. The third kappa shape index (κ3) is 14.2. The van der Waals surface area contributed by atoms with Crippen LogP contribution >= 0.6 is 24.4 Å². The molecule has 0 atom stereocenters. The van der Waals surface area contributed by atoms with Crippen LogP contribution in [-0.2, 0) is 32.7 Å². The number of hydrazone groups is 2. The van der Waals surface area contributed by atoms with Crippen molar-refractivity contribution in [3.05, 3.63) is 6.42 Å². The monoisotopic (exact) mass is 306 g/mol. The Morgan fingerprint density at radius 2 is 1.43 bits per heavy atom. The summed E-state index contributed by atoms with van der Waals surface area (Å²) < 4.78 is 0. The molecule has 0 heterocycles. The third-order valence-electron chi connectivity index (χ3n) is 0.671. The number of nitrogens with one attached hydrogen (secondary N) is 2. The molecule has 0 amide bonds. The maximum atomic E-state index is 5.09. The summed E-state index contributed by atoms with van der Waals surface area (Å²) in [6, 6.07) is 0. The minimum Gasteiger partial charge on any atom is -0.375 e. The van der Waals surface area contributed by atoms with Crippen molar-refractivity contribution in [2.75, 3.05) is 0 Å². The minimum atomic E-state index is 0. The molecular formula is C5H9N6S2Y-. The van der Waals surface area contributed by atoms with Gasteiger partial charge in [-0.2, -0.15) is 0 Å². The number of hydrogen-bond donors (Lipinski definition) is 4. The summed E-state index contributed by atoms with van der Waals surface area (Å²) in [5.41, 5.74) is 14.9. The molecule has 6 nitrogen and oxygen atoms in total. The third-order valence-corrected chi connectivity index (χ3v) is 0.853. The van der Waals surface area contributed by atoms with E-state index in [2.05, 4.69) is 45.5 Å². The van der Waals surface area contributed by atoms with E-state index in [-0.39, 0.29) is 42.9 Å². The van der Waals surface area contributed by atoms with Crippen LogP contribution < -0.4 is 22.3 Å². The number of nitrogens with two attached hydrogens (primary N) is 2. The van der Waals surface area contributed by atoms with Gasteiger partial charge in [0.25, 0.3) is 0 Å². The summed E-state index contributed by atoms with van der Waals surface area (Å²) in [4.78, 5) is 0. The van der Waals surface area contributed by atoms with Gasteiger partial charge in [-0.15, -0.1) is 12.4 Å². The summed E-state index contributed by atoms with van der Waals surface area (Å²) in [6.45, 7) is 0. The van der Waals surface area contributed by atoms with E-state index in [0.29, 0.717) is 0 Å². The molecule has 0 aromatic rings. The molecule has 1 radical (unpaired) electrons. The molecule has 0 saturated heterocycles. The smallest absolute Gasteiger partial charge is 0.184 e. The molecule has 0 rings (SSSR count). The Morgan fingerprint density at radius 1 is 1.07 bits per heavy atom. The summed E-state index contributed by atoms with van der Waals surface area (Å²) >= 11 is 8.98. The summed E-state index contributed by atoms with van der Waals surface area (Å²) in [6.07, 6.45) is 4.38. The van der Waals surface area contributed by atoms with Crippen LogP contribution in [0.25, 0.3) is 0 Å². The number of thiocarbonyl (C=S) groups is 2. The van der Waals surface area contributed by atoms with Gasteiger partial charge in [-0.05, 0) is 24.4 Å². The predicted octanol–water partition coefficient (Wildman–Crippen LogP) is -1.17. The van der Waals surface area contributed by atoms with E-state index >= 15 is 0 Å². The zero-order chi connectivity index (χ0) is 10.1. The van der Waals surface area contributed by atoms with Gasteiger partial charge >= 0.3 is 0 Å². The molecule has 0 aliphatic heterocycles. The molecule has 0 bridgehead atoms. The Balaban J connectivity index is 0. The van der Waals surface area contributed by atoms with Crippen LogP contribution in [0.5, 0.6) is 0 Å². The van der Waals surface area contributed by atoms with Crippen LogP contribution in [-0.4, -0.2) is 22.7 Å². The van der Waals surface area contributed by atoms with Gasteiger partial charge in [0.1, 0.15) is 0 Å². The van der Waals surface area contributed by atoms with Gasteiger partial charge in [0.2, 0.25) is 0 Å². The van der Waals surface area contributed by atoms with Crippen LogP contribution in [0.2, 0.25) is 0 Å². The molecule has 14 heavy (non-hydrogen) atoms. The molecule has 0 spiro atoms. The van der Waals surface area contributed by atoms with E-state index in [1.165, 1.54) is 18.9 Å². The van der Waals surface area contributed by atoms with Gasteiger partial charge in [-0.1, -0.05) is 0 Å². The first-order chi connectivity index (χ1) is 6.13. The topological polar surface area (TPSA) is 101 Å². The SMILES string of the molecule is NC(=S)NN=C[CH-]/C=N/NC(N)=S.[Y]. The van der Waals surface area contributed by atoms with E-state index in [4.69, 9.17) is 11.5 Å². The van der Waals surface area contributed by atoms with Crippen LogP contribution in [0.3, 0.4) is 0 Å². The quantitative estimate of drug-likeness (QED) is 0.226. The fourth-order valence-electron chi connectivity index (χ4n) is 0.326. The number of rotatable bonds is 4. The number of nitrogens with zero attached hydrogens (tertiary/aromatic N) is 2. The second kappa shape index (κ2) is 10.8. The maximum absolute atomic E-state index is 5.09. The average Bonchev–Trinajstić information content (AvgIpc) is 2.01. The molecule has 75 valence electrons. The molecule has 0 aliphatic rings. The van der Waals surface area contributed by atoms with E-state index in [1.807, 2.05) is 0 Å². The number of hydrogen-bond acceptors (Lipinski definition) is 4. The van der Waals surface area contributed by atoms with Gasteiger partial charge in [0.15, 0.2) is 10.2 Å². The van der Waals surface area contributed by atoms with E-state index in [1.54, 1.807) is 0 Å². The summed E-state index contributed by atoms with van der Waals surface area (Å²) in [7, 11) is 0. The first-order valence-electron chi connectivity index (χ1n) is 3.12. The van der Waals surface area contributed by atoms with Crippen molar-refractivity contribution in [3.63, 3.8) is 0 Å². The molecule has 6 N–H and O–H groups in total. The van der Waals surface area contributed by atoms with Gasteiger partial charge in [-0.3, -0.25) is 10.9 Å². The second-order valence-electron chi connectivity index (χ2n) is 1.70. The first kappa shape index (κ1) is 16.1. The molecule has 0 fully saturated rings. The second-order valence-corrected chi connectivity index (χ2v) is 2.58. The van der Waals surface area contributed by atoms with Gasteiger partial charge in [0, 0.05) is 32.7 Å². The van der Waals surface area contributed by atoms with Crippen molar-refractivity contribution in [2.24, 2.45) is 21.7 Å². The molecule has 0 aromatic heterocycles. The van der Waals surface area contributed by atoms with E-state index in [9.17, 15) is 0 Å². The Labute approximate surface area is 118 Å². The zero-order valence-corrected chi connectivity index (χ0v) is 11.6. The predicted molar refractivity (Wildman–Crippen MR) is 61.1 cm³/mol. The molecule has 0 aliphatic carbocycles. The molecule has 0 aromatic carbocycles. The van der Waals surface area contributed by atoms with Gasteiger partial charge in [0.05, 0.1) is 0 Å². The molecule has 0 saturated carbocycles. The summed E-state index contributed by atoms with van der Waals surface area (Å²) in [5.74, 6) is 0. The van der Waals surface area contributed by atoms with Crippen molar-refractivity contribution in [1.82, 2.24) is 10.9 Å². The normalized spacial score (nSPS) is 9.43. The molecular weight excluding hydrogens is 297 g/mol. The minimum absolute atomic E-state index is 0. The van der Waals surface area contributed by atoms with Crippen LogP contribution in [0.15, 0.2) is 10.2 Å².